The number of halogens is 1. The molecule has 18 heavy (non-hydrogen) atoms. The fraction of sp³-hybridized carbons (Fsp3) is 0.167. The minimum Gasteiger partial charge on any atom is -0.451 e. The van der Waals surface area contributed by atoms with Crippen LogP contribution in [0.25, 0.3) is 11.1 Å². The van der Waals surface area contributed by atoms with Crippen LogP contribution in [0, 0.1) is 5.82 Å². The Kier molecular flexibility index (Phi) is 3.49. The predicted molar refractivity (Wildman–Crippen MR) is 65.0 cm³/mol. The molecule has 0 radical (unpaired) electrons. The molecule has 1 N–H and O–H groups in total. The Morgan fingerprint density at radius 1 is 1.33 bits per heavy atom. The molecule has 0 saturated carbocycles. The van der Waals surface area contributed by atoms with Gasteiger partial charge in [0.05, 0.1) is 6.26 Å². The van der Waals surface area contributed by atoms with Crippen molar-refractivity contribution in [3.05, 3.63) is 42.4 Å². The van der Waals surface area contributed by atoms with Gasteiger partial charge in [0, 0.05) is 12.1 Å². The summed E-state index contributed by atoms with van der Waals surface area (Å²) in [6.07, 6.45) is 1.27. The molecule has 4 nitrogen and oxygen atoms in total. The first-order chi connectivity index (χ1) is 8.54. The van der Waals surface area contributed by atoms with Gasteiger partial charge in [-0.05, 0) is 23.8 Å². The first kappa shape index (κ1) is 12.8. The Labute approximate surface area is 104 Å². The van der Waals surface area contributed by atoms with Crippen molar-refractivity contribution in [2.75, 3.05) is 6.54 Å². The van der Waals surface area contributed by atoms with E-state index in [0.717, 1.165) is 0 Å². The second kappa shape index (κ2) is 4.91. The Balaban J connectivity index is 2.52. The standard InChI is InChI=1S/C12H12FNO3S/c1-2-14-18(15,16)12-11(6-7-17-12)9-4-3-5-10(13)8-9/h3-8,14H,2H2,1H3. The molecule has 0 aliphatic carbocycles. The van der Waals surface area contributed by atoms with E-state index < -0.39 is 15.8 Å². The third kappa shape index (κ3) is 2.44. The number of nitrogens with one attached hydrogen (secondary N) is 1. The van der Waals surface area contributed by atoms with Crippen molar-refractivity contribution in [2.24, 2.45) is 0 Å². The van der Waals surface area contributed by atoms with E-state index in [2.05, 4.69) is 4.72 Å². The first-order valence-electron chi connectivity index (χ1n) is 5.37. The monoisotopic (exact) mass is 269 g/mol. The van der Waals surface area contributed by atoms with Gasteiger partial charge in [0.1, 0.15) is 5.82 Å². The second-order valence-corrected chi connectivity index (χ2v) is 5.30. The molecule has 1 aromatic heterocycles. The van der Waals surface area contributed by atoms with Crippen molar-refractivity contribution in [3.63, 3.8) is 0 Å². The van der Waals surface area contributed by atoms with E-state index in [4.69, 9.17) is 4.42 Å². The molecule has 0 aliphatic heterocycles. The topological polar surface area (TPSA) is 59.3 Å². The largest absolute Gasteiger partial charge is 0.451 e. The van der Waals surface area contributed by atoms with Crippen LogP contribution in [0.3, 0.4) is 0 Å². The summed E-state index contributed by atoms with van der Waals surface area (Å²) in [5, 5.41) is -0.199. The summed E-state index contributed by atoms with van der Waals surface area (Å²) in [7, 11) is -3.70. The summed E-state index contributed by atoms with van der Waals surface area (Å²) in [6.45, 7) is 1.92. The van der Waals surface area contributed by atoms with Crippen LogP contribution >= 0.6 is 0 Å². The van der Waals surface area contributed by atoms with Gasteiger partial charge >= 0.3 is 0 Å². The Morgan fingerprint density at radius 3 is 2.78 bits per heavy atom. The summed E-state index contributed by atoms with van der Waals surface area (Å²) in [6, 6.07) is 7.19. The number of hydrogen-bond donors (Lipinski definition) is 1. The molecule has 6 heteroatoms. The molecule has 0 saturated heterocycles. The van der Waals surface area contributed by atoms with Crippen molar-refractivity contribution in [3.8, 4) is 11.1 Å². The van der Waals surface area contributed by atoms with Crippen LogP contribution in [0.2, 0.25) is 0 Å². The highest BCUT2D eigenvalue weighted by Crippen LogP contribution is 2.28. The van der Waals surface area contributed by atoms with Crippen molar-refractivity contribution >= 4 is 10.0 Å². The predicted octanol–water partition coefficient (Wildman–Crippen LogP) is 2.38. The lowest BCUT2D eigenvalue weighted by molar-refractivity contribution is 0.448. The molecule has 1 heterocycles. The zero-order valence-corrected chi connectivity index (χ0v) is 10.5. The van der Waals surface area contributed by atoms with Gasteiger partial charge in [-0.25, -0.2) is 17.5 Å². The number of benzene rings is 1. The van der Waals surface area contributed by atoms with E-state index in [1.807, 2.05) is 0 Å². The molecule has 0 unspecified atom stereocenters. The Hall–Kier alpha value is -1.66. The lowest BCUT2D eigenvalue weighted by atomic mass is 10.1. The van der Waals surface area contributed by atoms with Crippen molar-refractivity contribution in [2.45, 2.75) is 12.0 Å². The number of rotatable bonds is 4. The van der Waals surface area contributed by atoms with Crippen LogP contribution in [0.15, 0.2) is 46.1 Å². The van der Waals surface area contributed by atoms with E-state index >= 15 is 0 Å². The van der Waals surface area contributed by atoms with Crippen LogP contribution in [0.4, 0.5) is 4.39 Å². The zero-order chi connectivity index (χ0) is 13.2. The van der Waals surface area contributed by atoms with Crippen molar-refractivity contribution < 1.29 is 17.2 Å². The highest BCUT2D eigenvalue weighted by atomic mass is 32.2. The summed E-state index contributed by atoms with van der Waals surface area (Å²) in [5.74, 6) is -0.430. The molecule has 2 rings (SSSR count). The summed E-state index contributed by atoms with van der Waals surface area (Å²) in [5.41, 5.74) is 0.802. The summed E-state index contributed by atoms with van der Waals surface area (Å²) < 4.78 is 44.2. The van der Waals surface area contributed by atoms with Gasteiger partial charge in [0.15, 0.2) is 0 Å². The van der Waals surface area contributed by atoms with Gasteiger partial charge in [0.2, 0.25) is 5.09 Å². The van der Waals surface area contributed by atoms with E-state index in [0.29, 0.717) is 11.1 Å². The maximum atomic E-state index is 13.1. The minimum atomic E-state index is -3.70. The smallest absolute Gasteiger partial charge is 0.274 e. The lowest BCUT2D eigenvalue weighted by Gasteiger charge is -2.04. The van der Waals surface area contributed by atoms with E-state index in [1.165, 1.54) is 30.5 Å². The maximum Gasteiger partial charge on any atom is 0.274 e. The molecule has 0 fully saturated rings. The average Bonchev–Trinajstić information content (AvgIpc) is 2.78. The maximum absolute atomic E-state index is 13.1. The molecule has 0 aliphatic rings. The second-order valence-electron chi connectivity index (χ2n) is 3.63. The molecule has 2 aromatic rings. The lowest BCUT2D eigenvalue weighted by Crippen LogP contribution is -2.23. The van der Waals surface area contributed by atoms with Crippen molar-refractivity contribution in [1.82, 2.24) is 4.72 Å². The van der Waals surface area contributed by atoms with Gasteiger partial charge in [-0.1, -0.05) is 19.1 Å². The van der Waals surface area contributed by atoms with E-state index in [-0.39, 0.29) is 11.6 Å². The molecule has 0 atom stereocenters. The highest BCUT2D eigenvalue weighted by Gasteiger charge is 2.22. The average molecular weight is 269 g/mol. The van der Waals surface area contributed by atoms with Gasteiger partial charge in [-0.3, -0.25) is 0 Å². The number of furan rings is 1. The van der Waals surface area contributed by atoms with Crippen LogP contribution in [-0.4, -0.2) is 15.0 Å². The first-order valence-corrected chi connectivity index (χ1v) is 6.86. The van der Waals surface area contributed by atoms with Gasteiger partial charge in [0.25, 0.3) is 10.0 Å². The van der Waals surface area contributed by atoms with Crippen LogP contribution in [0.1, 0.15) is 6.92 Å². The van der Waals surface area contributed by atoms with Gasteiger partial charge in [-0.2, -0.15) is 0 Å². The fourth-order valence-corrected chi connectivity index (χ4v) is 2.80. The van der Waals surface area contributed by atoms with Crippen LogP contribution in [0.5, 0.6) is 0 Å². The Bertz CT molecular complexity index is 649. The molecular formula is C12H12FNO3S. The third-order valence-electron chi connectivity index (χ3n) is 2.34. The number of hydrogen-bond acceptors (Lipinski definition) is 3. The zero-order valence-electron chi connectivity index (χ0n) is 9.68. The third-order valence-corrected chi connectivity index (χ3v) is 3.82. The molecule has 96 valence electrons. The molecule has 0 bridgehead atoms. The normalized spacial score (nSPS) is 11.7. The highest BCUT2D eigenvalue weighted by molar-refractivity contribution is 7.89. The molecule has 1 aromatic carbocycles. The van der Waals surface area contributed by atoms with Crippen LogP contribution < -0.4 is 4.72 Å². The molecular weight excluding hydrogens is 257 g/mol. The van der Waals surface area contributed by atoms with Gasteiger partial charge < -0.3 is 4.42 Å². The minimum absolute atomic E-state index is 0.199. The fourth-order valence-electron chi connectivity index (χ4n) is 1.63. The van der Waals surface area contributed by atoms with Crippen LogP contribution in [-0.2, 0) is 10.0 Å². The summed E-state index contributed by atoms with van der Waals surface area (Å²) in [4.78, 5) is 0. The Morgan fingerprint density at radius 2 is 2.11 bits per heavy atom. The molecule has 0 amide bonds. The molecule has 0 spiro atoms. The SMILES string of the molecule is CCNS(=O)(=O)c1occc1-c1cccc(F)c1. The van der Waals surface area contributed by atoms with Gasteiger partial charge in [-0.15, -0.1) is 0 Å². The quantitative estimate of drug-likeness (QED) is 0.927. The van der Waals surface area contributed by atoms with Crippen molar-refractivity contribution in [1.29, 1.82) is 0 Å². The van der Waals surface area contributed by atoms with E-state index in [9.17, 15) is 12.8 Å². The summed E-state index contributed by atoms with van der Waals surface area (Å²) >= 11 is 0. The number of sulfonamides is 1. The van der Waals surface area contributed by atoms with E-state index in [1.54, 1.807) is 13.0 Å².